The van der Waals surface area contributed by atoms with Crippen LogP contribution in [0.5, 0.6) is 0 Å². The summed E-state index contributed by atoms with van der Waals surface area (Å²) in [6, 6.07) is 0. The van der Waals surface area contributed by atoms with Crippen molar-refractivity contribution in [3.63, 3.8) is 0 Å². The normalized spacial score (nSPS) is 21.9. The van der Waals surface area contributed by atoms with E-state index in [0.29, 0.717) is 0 Å². The minimum atomic E-state index is 0.747. The zero-order valence-corrected chi connectivity index (χ0v) is 9.81. The molecule has 2 rings (SSSR count). The Balaban J connectivity index is 1.95. The molecule has 0 aliphatic carbocycles. The van der Waals surface area contributed by atoms with Crippen LogP contribution in [0.1, 0.15) is 17.8 Å². The van der Waals surface area contributed by atoms with Gasteiger partial charge in [-0.3, -0.25) is 0 Å². The average Bonchev–Trinajstić information content (AvgIpc) is 2.74. The summed E-state index contributed by atoms with van der Waals surface area (Å²) < 4.78 is 0. The Morgan fingerprint density at radius 2 is 2.43 bits per heavy atom. The van der Waals surface area contributed by atoms with Gasteiger partial charge in [-0.05, 0) is 25.7 Å². The van der Waals surface area contributed by atoms with Gasteiger partial charge in [0.05, 0.1) is 0 Å². The summed E-state index contributed by atoms with van der Waals surface area (Å²) in [5.41, 5.74) is 0. The molecule has 0 amide bonds. The Labute approximate surface area is 93.1 Å². The summed E-state index contributed by atoms with van der Waals surface area (Å²) in [4.78, 5) is 2.32. The summed E-state index contributed by atoms with van der Waals surface area (Å²) in [5.74, 6) is 1.52. The molecule has 0 N–H and O–H groups in total. The van der Waals surface area contributed by atoms with Crippen LogP contribution in [-0.2, 0) is 0 Å². The molecule has 14 heavy (non-hydrogen) atoms. The van der Waals surface area contributed by atoms with Crippen molar-refractivity contribution in [1.29, 1.82) is 0 Å². The van der Waals surface area contributed by atoms with Gasteiger partial charge < -0.3 is 4.90 Å². The van der Waals surface area contributed by atoms with Crippen LogP contribution in [0.25, 0.3) is 0 Å². The third-order valence-electron chi connectivity index (χ3n) is 2.59. The van der Waals surface area contributed by atoms with Gasteiger partial charge in [0, 0.05) is 19.0 Å². The smallest absolute Gasteiger partial charge is 0.208 e. The zero-order valence-electron chi connectivity index (χ0n) is 8.24. The maximum atomic E-state index is 5.74. The molecule has 1 atom stereocenters. The molecule has 3 nitrogen and oxygen atoms in total. The van der Waals surface area contributed by atoms with Crippen molar-refractivity contribution in [1.82, 2.24) is 10.2 Å². The van der Waals surface area contributed by atoms with Crippen LogP contribution in [-0.4, -0.2) is 29.2 Å². The van der Waals surface area contributed by atoms with E-state index in [2.05, 4.69) is 15.1 Å². The number of rotatable bonds is 3. The third kappa shape index (κ3) is 2.17. The topological polar surface area (TPSA) is 29.0 Å². The molecule has 0 radical (unpaired) electrons. The lowest BCUT2D eigenvalue weighted by Crippen LogP contribution is -2.19. The molecule has 1 saturated heterocycles. The fourth-order valence-corrected chi connectivity index (χ4v) is 2.84. The molecule has 1 fully saturated rings. The standard InChI is InChI=1S/C9H14ClN3S/c1-7-11-12-9(14-7)13-5-3-8(6-13)2-4-10/h8H,2-6H2,1H3. The Kier molecular flexibility index (Phi) is 3.23. The van der Waals surface area contributed by atoms with Gasteiger partial charge >= 0.3 is 0 Å². The number of nitrogens with zero attached hydrogens (tertiary/aromatic N) is 3. The lowest BCUT2D eigenvalue weighted by molar-refractivity contribution is 0.572. The van der Waals surface area contributed by atoms with Crippen LogP contribution >= 0.6 is 22.9 Å². The highest BCUT2D eigenvalue weighted by molar-refractivity contribution is 7.15. The molecular weight excluding hydrogens is 218 g/mol. The molecule has 0 aromatic carbocycles. The van der Waals surface area contributed by atoms with Crippen LogP contribution in [0.4, 0.5) is 5.13 Å². The van der Waals surface area contributed by atoms with Gasteiger partial charge in [0.1, 0.15) is 5.01 Å². The second-order valence-corrected chi connectivity index (χ2v) is 5.22. The number of aryl methyl sites for hydroxylation is 1. The molecule has 1 aliphatic heterocycles. The SMILES string of the molecule is Cc1nnc(N2CCC(CCCl)C2)s1. The highest BCUT2D eigenvalue weighted by Gasteiger charge is 2.24. The van der Waals surface area contributed by atoms with E-state index in [1.54, 1.807) is 11.3 Å². The van der Waals surface area contributed by atoms with E-state index in [0.717, 1.165) is 41.4 Å². The summed E-state index contributed by atoms with van der Waals surface area (Å²) in [6.07, 6.45) is 2.36. The molecule has 1 unspecified atom stereocenters. The van der Waals surface area contributed by atoms with Crippen molar-refractivity contribution in [2.45, 2.75) is 19.8 Å². The van der Waals surface area contributed by atoms with Crippen LogP contribution in [0, 0.1) is 12.8 Å². The first-order valence-corrected chi connectivity index (χ1v) is 6.25. The van der Waals surface area contributed by atoms with Gasteiger partial charge in [-0.1, -0.05) is 11.3 Å². The lowest BCUT2D eigenvalue weighted by Gasteiger charge is -2.13. The molecule has 5 heteroatoms. The van der Waals surface area contributed by atoms with Gasteiger partial charge in [0.15, 0.2) is 0 Å². The summed E-state index contributed by atoms with van der Waals surface area (Å²) in [7, 11) is 0. The van der Waals surface area contributed by atoms with Gasteiger partial charge in [0.25, 0.3) is 0 Å². The Bertz CT molecular complexity index is 302. The van der Waals surface area contributed by atoms with Crippen molar-refractivity contribution in [2.24, 2.45) is 5.92 Å². The van der Waals surface area contributed by atoms with Gasteiger partial charge in [-0.15, -0.1) is 21.8 Å². The highest BCUT2D eigenvalue weighted by atomic mass is 35.5. The van der Waals surface area contributed by atoms with E-state index in [-0.39, 0.29) is 0 Å². The second-order valence-electron chi connectivity index (χ2n) is 3.68. The van der Waals surface area contributed by atoms with E-state index < -0.39 is 0 Å². The van der Waals surface area contributed by atoms with Gasteiger partial charge in [0.2, 0.25) is 5.13 Å². The van der Waals surface area contributed by atoms with Crippen molar-refractivity contribution in [2.75, 3.05) is 23.9 Å². The number of alkyl halides is 1. The van der Waals surface area contributed by atoms with Crippen LogP contribution in [0.2, 0.25) is 0 Å². The molecule has 2 heterocycles. The summed E-state index contributed by atoms with van der Waals surface area (Å²) in [5, 5.41) is 10.3. The van der Waals surface area contributed by atoms with E-state index in [4.69, 9.17) is 11.6 Å². The maximum Gasteiger partial charge on any atom is 0.208 e. The lowest BCUT2D eigenvalue weighted by atomic mass is 10.1. The van der Waals surface area contributed by atoms with E-state index in [1.807, 2.05) is 6.92 Å². The largest absolute Gasteiger partial charge is 0.346 e. The van der Waals surface area contributed by atoms with Crippen molar-refractivity contribution >= 4 is 28.1 Å². The summed E-state index contributed by atoms with van der Waals surface area (Å²) in [6.45, 7) is 4.20. The second kappa shape index (κ2) is 4.45. The van der Waals surface area contributed by atoms with Gasteiger partial charge in [-0.2, -0.15) is 0 Å². The van der Waals surface area contributed by atoms with Crippen molar-refractivity contribution < 1.29 is 0 Å². The predicted octanol–water partition coefficient (Wildman–Crippen LogP) is 2.30. The number of aromatic nitrogens is 2. The first-order valence-electron chi connectivity index (χ1n) is 4.90. The van der Waals surface area contributed by atoms with Crippen molar-refractivity contribution in [3.05, 3.63) is 5.01 Å². The fraction of sp³-hybridized carbons (Fsp3) is 0.778. The van der Waals surface area contributed by atoms with Crippen LogP contribution in [0.3, 0.4) is 0 Å². The first-order chi connectivity index (χ1) is 6.79. The van der Waals surface area contributed by atoms with E-state index >= 15 is 0 Å². The molecule has 1 aromatic rings. The molecule has 0 bridgehead atoms. The van der Waals surface area contributed by atoms with Crippen LogP contribution < -0.4 is 4.90 Å². The molecule has 78 valence electrons. The van der Waals surface area contributed by atoms with Gasteiger partial charge in [-0.25, -0.2) is 0 Å². The Morgan fingerprint density at radius 1 is 1.57 bits per heavy atom. The van der Waals surface area contributed by atoms with E-state index in [9.17, 15) is 0 Å². The monoisotopic (exact) mass is 231 g/mol. The molecule has 0 saturated carbocycles. The Morgan fingerprint density at radius 3 is 3.07 bits per heavy atom. The molecule has 0 spiro atoms. The predicted molar refractivity (Wildman–Crippen MR) is 60.3 cm³/mol. The minimum absolute atomic E-state index is 0.747. The molecular formula is C9H14ClN3S. The Hall–Kier alpha value is -0.350. The van der Waals surface area contributed by atoms with Crippen LogP contribution in [0.15, 0.2) is 0 Å². The van der Waals surface area contributed by atoms with E-state index in [1.165, 1.54) is 6.42 Å². The molecule has 1 aromatic heterocycles. The summed E-state index contributed by atoms with van der Waals surface area (Å²) >= 11 is 7.41. The maximum absolute atomic E-state index is 5.74. The molecule has 1 aliphatic rings. The first kappa shape index (κ1) is 10.2. The average molecular weight is 232 g/mol. The highest BCUT2D eigenvalue weighted by Crippen LogP contribution is 2.27. The fourth-order valence-electron chi connectivity index (χ4n) is 1.81. The zero-order chi connectivity index (χ0) is 9.97. The number of hydrogen-bond acceptors (Lipinski definition) is 4. The van der Waals surface area contributed by atoms with Crippen molar-refractivity contribution in [3.8, 4) is 0 Å². The quantitative estimate of drug-likeness (QED) is 0.748. The number of hydrogen-bond donors (Lipinski definition) is 0. The number of anilines is 1. The minimum Gasteiger partial charge on any atom is -0.346 e. The third-order valence-corrected chi connectivity index (χ3v) is 3.71. The number of halogens is 1.